The van der Waals surface area contributed by atoms with E-state index in [1.807, 2.05) is 56.3 Å². The minimum Gasteiger partial charge on any atom is -0.508 e. The molecule has 8 nitrogen and oxygen atoms in total. The molecule has 0 fully saturated rings. The number of aromatic hydroxyl groups is 1. The van der Waals surface area contributed by atoms with Crippen molar-refractivity contribution in [2.75, 3.05) is 5.32 Å². The Labute approximate surface area is 230 Å². The summed E-state index contributed by atoms with van der Waals surface area (Å²) in [5, 5.41) is 17.7. The molecule has 3 aromatic carbocycles. The fourth-order valence-electron chi connectivity index (χ4n) is 4.33. The second-order valence-corrected chi connectivity index (χ2v) is 10.9. The highest BCUT2D eigenvalue weighted by Crippen LogP contribution is 2.31. The first kappa shape index (κ1) is 29.5. The maximum absolute atomic E-state index is 14.0. The zero-order valence-corrected chi connectivity index (χ0v) is 23.7. The number of benzene rings is 3. The minimum absolute atomic E-state index is 0.0915. The van der Waals surface area contributed by atoms with E-state index in [2.05, 4.69) is 10.6 Å². The predicted octanol–water partition coefficient (Wildman–Crippen LogP) is 6.07. The van der Waals surface area contributed by atoms with Crippen LogP contribution in [-0.4, -0.2) is 45.6 Å². The molecular weight excluding hydrogens is 494 g/mol. The Morgan fingerprint density at radius 1 is 0.974 bits per heavy atom. The van der Waals surface area contributed by atoms with Gasteiger partial charge in [0.05, 0.1) is 0 Å². The van der Waals surface area contributed by atoms with Crippen molar-refractivity contribution in [2.24, 2.45) is 0 Å². The molecule has 39 heavy (non-hydrogen) atoms. The lowest BCUT2D eigenvalue weighted by atomic mass is 9.98. The zero-order chi connectivity index (χ0) is 28.9. The summed E-state index contributed by atoms with van der Waals surface area (Å²) in [5.74, 6) is -0.748. The number of nitrogens with zero attached hydrogens (tertiary/aromatic N) is 1. The summed E-state index contributed by atoms with van der Waals surface area (Å²) in [5.41, 5.74) is 0.986. The zero-order valence-electron chi connectivity index (χ0n) is 23.7. The summed E-state index contributed by atoms with van der Waals surface area (Å²) < 4.78 is 5.33. The SMILES string of the molecule is CCC(C)N(C(=O)C(C)NC(=O)OC(C)(C)C)C(C(=O)Nc1ccc2ccccc2c1)c1ccc(O)c(C)c1. The standard InChI is InChI=1S/C31H39N3O5/c1-8-20(3)34(29(37)21(4)32-30(38)39-31(5,6)7)27(24-14-16-26(35)19(2)17-24)28(36)33-25-15-13-22-11-9-10-12-23(22)18-25/h9-18,20-21,27,35H,8H2,1-7H3,(H,32,38)(H,33,36). The predicted molar refractivity (Wildman–Crippen MR) is 154 cm³/mol. The molecule has 3 unspecified atom stereocenters. The lowest BCUT2D eigenvalue weighted by Gasteiger charge is -2.37. The van der Waals surface area contributed by atoms with Gasteiger partial charge in [-0.25, -0.2) is 4.79 Å². The van der Waals surface area contributed by atoms with Crippen LogP contribution in [0.3, 0.4) is 0 Å². The van der Waals surface area contributed by atoms with E-state index in [4.69, 9.17) is 4.74 Å². The van der Waals surface area contributed by atoms with Gasteiger partial charge in [-0.15, -0.1) is 0 Å². The Hall–Kier alpha value is -4.07. The number of alkyl carbamates (subject to hydrolysis) is 1. The van der Waals surface area contributed by atoms with Crippen LogP contribution in [0, 0.1) is 6.92 Å². The third-order valence-corrected chi connectivity index (χ3v) is 6.50. The number of ether oxygens (including phenoxy) is 1. The summed E-state index contributed by atoms with van der Waals surface area (Å²) in [6, 6.07) is 16.0. The number of amides is 3. The maximum atomic E-state index is 14.0. The lowest BCUT2D eigenvalue weighted by Crippen LogP contribution is -2.53. The first-order valence-electron chi connectivity index (χ1n) is 13.2. The highest BCUT2D eigenvalue weighted by atomic mass is 16.6. The first-order chi connectivity index (χ1) is 18.3. The average molecular weight is 534 g/mol. The molecule has 0 aliphatic carbocycles. The van der Waals surface area contributed by atoms with E-state index in [-0.39, 0.29) is 11.8 Å². The van der Waals surface area contributed by atoms with E-state index >= 15 is 0 Å². The molecule has 0 aliphatic heterocycles. The fraction of sp³-hybridized carbons (Fsp3) is 0.387. The van der Waals surface area contributed by atoms with Crippen molar-refractivity contribution in [1.82, 2.24) is 10.2 Å². The molecule has 0 radical (unpaired) electrons. The van der Waals surface area contributed by atoms with Crippen LogP contribution in [0.1, 0.15) is 65.1 Å². The van der Waals surface area contributed by atoms with Gasteiger partial charge < -0.3 is 25.4 Å². The molecule has 0 saturated heterocycles. The number of phenols is 1. The Morgan fingerprint density at radius 2 is 1.64 bits per heavy atom. The van der Waals surface area contributed by atoms with Gasteiger partial charge in [0, 0.05) is 11.7 Å². The maximum Gasteiger partial charge on any atom is 0.408 e. The molecule has 8 heteroatoms. The van der Waals surface area contributed by atoms with Crippen LogP contribution in [-0.2, 0) is 14.3 Å². The van der Waals surface area contributed by atoms with Gasteiger partial charge in [0.15, 0.2) is 0 Å². The number of anilines is 1. The first-order valence-corrected chi connectivity index (χ1v) is 13.2. The molecule has 0 bridgehead atoms. The molecule has 3 rings (SSSR count). The van der Waals surface area contributed by atoms with Crippen molar-refractivity contribution in [3.63, 3.8) is 0 Å². The summed E-state index contributed by atoms with van der Waals surface area (Å²) in [4.78, 5) is 41.8. The summed E-state index contributed by atoms with van der Waals surface area (Å²) in [6.07, 6.45) is -0.146. The van der Waals surface area contributed by atoms with Crippen LogP contribution in [0.2, 0.25) is 0 Å². The number of hydrogen-bond donors (Lipinski definition) is 3. The summed E-state index contributed by atoms with van der Waals surface area (Å²) in [6.45, 7) is 12.3. The van der Waals surface area contributed by atoms with Crippen molar-refractivity contribution in [1.29, 1.82) is 0 Å². The van der Waals surface area contributed by atoms with Crippen LogP contribution in [0.15, 0.2) is 60.7 Å². The third-order valence-electron chi connectivity index (χ3n) is 6.50. The topological polar surface area (TPSA) is 108 Å². The normalized spacial score (nSPS) is 13.7. The second-order valence-electron chi connectivity index (χ2n) is 10.9. The van der Waals surface area contributed by atoms with Crippen LogP contribution < -0.4 is 10.6 Å². The van der Waals surface area contributed by atoms with Gasteiger partial charge in [0.2, 0.25) is 5.91 Å². The number of phenolic OH excluding ortho intramolecular Hbond substituents is 1. The fourth-order valence-corrected chi connectivity index (χ4v) is 4.33. The van der Waals surface area contributed by atoms with Gasteiger partial charge in [0.1, 0.15) is 23.4 Å². The molecule has 3 aromatic rings. The van der Waals surface area contributed by atoms with Gasteiger partial charge in [-0.3, -0.25) is 9.59 Å². The Morgan fingerprint density at radius 3 is 2.26 bits per heavy atom. The van der Waals surface area contributed by atoms with E-state index in [0.29, 0.717) is 23.2 Å². The largest absolute Gasteiger partial charge is 0.508 e. The van der Waals surface area contributed by atoms with E-state index < -0.39 is 35.6 Å². The van der Waals surface area contributed by atoms with E-state index in [9.17, 15) is 19.5 Å². The molecular formula is C31H39N3O5. The van der Waals surface area contributed by atoms with Crippen LogP contribution in [0.5, 0.6) is 5.75 Å². The van der Waals surface area contributed by atoms with Gasteiger partial charge in [0.25, 0.3) is 5.91 Å². The highest BCUT2D eigenvalue weighted by Gasteiger charge is 2.37. The lowest BCUT2D eigenvalue weighted by molar-refractivity contribution is -0.143. The molecule has 0 heterocycles. The van der Waals surface area contributed by atoms with E-state index in [0.717, 1.165) is 10.8 Å². The van der Waals surface area contributed by atoms with Gasteiger partial charge >= 0.3 is 6.09 Å². The Kier molecular flexibility index (Phi) is 9.22. The van der Waals surface area contributed by atoms with Gasteiger partial charge in [-0.2, -0.15) is 0 Å². The monoisotopic (exact) mass is 533 g/mol. The van der Waals surface area contributed by atoms with Crippen molar-refractivity contribution >= 4 is 34.4 Å². The number of carbonyl (C=O) groups is 3. The molecule has 0 spiro atoms. The second kappa shape index (κ2) is 12.2. The quantitative estimate of drug-likeness (QED) is 0.326. The van der Waals surface area contributed by atoms with Crippen molar-refractivity contribution < 1.29 is 24.2 Å². The van der Waals surface area contributed by atoms with E-state index in [1.54, 1.807) is 46.8 Å². The number of nitrogens with one attached hydrogen (secondary N) is 2. The third kappa shape index (κ3) is 7.50. The number of carbonyl (C=O) groups excluding carboxylic acids is 3. The molecule has 0 aromatic heterocycles. The number of rotatable bonds is 8. The number of aryl methyl sites for hydroxylation is 1. The minimum atomic E-state index is -1.03. The highest BCUT2D eigenvalue weighted by molar-refractivity contribution is 6.00. The molecule has 0 aliphatic rings. The number of fused-ring (bicyclic) bond motifs is 1. The van der Waals surface area contributed by atoms with Gasteiger partial charge in [-0.05, 0) is 94.1 Å². The number of hydrogen-bond acceptors (Lipinski definition) is 5. The molecule has 0 saturated carbocycles. The smallest absolute Gasteiger partial charge is 0.408 e. The van der Waals surface area contributed by atoms with Crippen LogP contribution >= 0.6 is 0 Å². The van der Waals surface area contributed by atoms with Crippen LogP contribution in [0.25, 0.3) is 10.8 Å². The molecule has 3 N–H and O–H groups in total. The van der Waals surface area contributed by atoms with E-state index in [1.165, 1.54) is 11.0 Å². The molecule has 3 amide bonds. The van der Waals surface area contributed by atoms with Crippen molar-refractivity contribution in [3.05, 3.63) is 71.8 Å². The Balaban J connectivity index is 2.01. The van der Waals surface area contributed by atoms with Gasteiger partial charge in [-0.1, -0.05) is 43.3 Å². The average Bonchev–Trinajstić information content (AvgIpc) is 2.86. The summed E-state index contributed by atoms with van der Waals surface area (Å²) in [7, 11) is 0. The van der Waals surface area contributed by atoms with Crippen LogP contribution in [0.4, 0.5) is 10.5 Å². The van der Waals surface area contributed by atoms with Crippen molar-refractivity contribution in [2.45, 2.75) is 78.6 Å². The molecule has 208 valence electrons. The summed E-state index contributed by atoms with van der Waals surface area (Å²) >= 11 is 0. The molecule has 3 atom stereocenters. The Bertz CT molecular complexity index is 1350. The van der Waals surface area contributed by atoms with Crippen molar-refractivity contribution in [3.8, 4) is 5.75 Å².